The van der Waals surface area contributed by atoms with Crippen molar-refractivity contribution in [2.45, 2.75) is 5.56 Å². The third-order valence-corrected chi connectivity index (χ3v) is 2.23. The van der Waals surface area contributed by atoms with Crippen molar-refractivity contribution >= 4 is 28.2 Å². The van der Waals surface area contributed by atoms with Crippen LogP contribution in [0.3, 0.4) is 0 Å². The van der Waals surface area contributed by atoms with Crippen LogP contribution in [0, 0.1) is 0 Å². The van der Waals surface area contributed by atoms with Gasteiger partial charge in [-0.2, -0.15) is 8.42 Å². The van der Waals surface area contributed by atoms with E-state index in [0.29, 0.717) is 0 Å². The fourth-order valence-corrected chi connectivity index (χ4v) is 1.45. The molecule has 1 unspecified atom stereocenters. The van der Waals surface area contributed by atoms with Crippen molar-refractivity contribution in [3.05, 3.63) is 0 Å². The van der Waals surface area contributed by atoms with Crippen molar-refractivity contribution in [1.82, 2.24) is 5.06 Å². The fraction of sp³-hybridized carbons (Fsp3) is 0.750. The van der Waals surface area contributed by atoms with E-state index < -0.39 is 21.6 Å². The number of thioether (sulfide) groups is 1. The van der Waals surface area contributed by atoms with Crippen LogP contribution in [0.15, 0.2) is 4.99 Å². The minimum absolute atomic E-state index is 0.410. The second-order valence-electron chi connectivity index (χ2n) is 2.04. The molecule has 1 heterocycles. The van der Waals surface area contributed by atoms with Crippen LogP contribution >= 0.6 is 11.8 Å². The summed E-state index contributed by atoms with van der Waals surface area (Å²) in [6.07, 6.45) is 3.01. The van der Waals surface area contributed by atoms with Gasteiger partial charge >= 0.3 is 0 Å². The molecule has 0 aliphatic carbocycles. The minimum atomic E-state index is -4.04. The zero-order chi connectivity index (χ0) is 9.19. The number of rotatable bonds is 3. The van der Waals surface area contributed by atoms with Crippen molar-refractivity contribution < 1.29 is 17.8 Å². The Morgan fingerprint density at radius 3 is 2.92 bits per heavy atom. The molecule has 0 saturated heterocycles. The maximum absolute atomic E-state index is 10.3. The smallest absolute Gasteiger partial charge is 0.284 e. The lowest BCUT2D eigenvalue weighted by Gasteiger charge is -2.12. The monoisotopic (exact) mass is 212 g/mol. The van der Waals surface area contributed by atoms with E-state index in [0.717, 1.165) is 5.06 Å². The Bertz CT molecular complexity index is 275. The van der Waals surface area contributed by atoms with E-state index in [4.69, 9.17) is 9.39 Å². The molecule has 0 aromatic carbocycles. The second-order valence-corrected chi connectivity index (χ2v) is 4.34. The van der Waals surface area contributed by atoms with Crippen molar-refractivity contribution in [3.63, 3.8) is 0 Å². The topological polar surface area (TPSA) is 79.2 Å². The first kappa shape index (κ1) is 9.78. The average molecular weight is 212 g/mol. The lowest BCUT2D eigenvalue weighted by atomic mass is 11.1. The van der Waals surface area contributed by atoms with Gasteiger partial charge in [0, 0.05) is 0 Å². The number of hydroxylamine groups is 2. The van der Waals surface area contributed by atoms with Gasteiger partial charge in [-0.25, -0.2) is 14.9 Å². The third-order valence-electron chi connectivity index (χ3n) is 1.03. The molecule has 8 heteroatoms. The molecule has 70 valence electrons. The van der Waals surface area contributed by atoms with Crippen LogP contribution in [-0.4, -0.2) is 42.1 Å². The van der Waals surface area contributed by atoms with Gasteiger partial charge in [-0.1, -0.05) is 0 Å². The maximum Gasteiger partial charge on any atom is 0.285 e. The van der Waals surface area contributed by atoms with Gasteiger partial charge in [-0.15, -0.1) is 11.8 Å². The molecule has 1 N–H and O–H groups in total. The molecule has 12 heavy (non-hydrogen) atoms. The Morgan fingerprint density at radius 1 is 1.83 bits per heavy atom. The highest BCUT2D eigenvalue weighted by Gasteiger charge is 2.20. The summed E-state index contributed by atoms with van der Waals surface area (Å²) in [5.41, 5.74) is -0.410. The molecular formula is C4H8N2O4S2. The highest BCUT2D eigenvalue weighted by molar-refractivity contribution is 7.99. The molecule has 0 fully saturated rings. The van der Waals surface area contributed by atoms with E-state index in [1.807, 2.05) is 0 Å². The first-order valence-electron chi connectivity index (χ1n) is 2.96. The van der Waals surface area contributed by atoms with Crippen molar-refractivity contribution in [2.75, 3.05) is 12.1 Å². The summed E-state index contributed by atoms with van der Waals surface area (Å²) in [4.78, 5) is 8.71. The zero-order valence-corrected chi connectivity index (χ0v) is 7.88. The van der Waals surface area contributed by atoms with E-state index >= 15 is 0 Å². The summed E-state index contributed by atoms with van der Waals surface area (Å²) >= 11 is 1.32. The predicted molar refractivity (Wildman–Crippen MR) is 45.1 cm³/mol. The fourth-order valence-electron chi connectivity index (χ4n) is 0.627. The Hall–Kier alpha value is -0.310. The van der Waals surface area contributed by atoms with Crippen LogP contribution in [0.4, 0.5) is 0 Å². The molecule has 1 rings (SSSR count). The van der Waals surface area contributed by atoms with E-state index in [9.17, 15) is 8.42 Å². The summed E-state index contributed by atoms with van der Waals surface area (Å²) in [6, 6.07) is 0. The lowest BCUT2D eigenvalue weighted by Crippen LogP contribution is -2.26. The first-order chi connectivity index (χ1) is 5.51. The third kappa shape index (κ3) is 2.97. The van der Waals surface area contributed by atoms with E-state index in [2.05, 4.69) is 4.99 Å². The molecule has 1 aliphatic rings. The van der Waals surface area contributed by atoms with Gasteiger partial charge in [-0.05, 0) is 6.26 Å². The molecule has 0 aromatic rings. The standard InChI is InChI=1S/C4H8N2O4S2/c1-11-4-5-2-6(10-4)3-12(7,8)9/h2,4H,3H2,1H3,(H,7,8,9). The molecule has 1 atom stereocenters. The Labute approximate surface area is 74.3 Å². The van der Waals surface area contributed by atoms with E-state index in [1.165, 1.54) is 18.1 Å². The number of hydrogen-bond acceptors (Lipinski definition) is 6. The molecule has 0 spiro atoms. The van der Waals surface area contributed by atoms with Crippen LogP contribution in [0.5, 0.6) is 0 Å². The Morgan fingerprint density at radius 2 is 2.50 bits per heavy atom. The first-order valence-corrected chi connectivity index (χ1v) is 5.85. The second kappa shape index (κ2) is 3.60. The largest absolute Gasteiger partial charge is 0.285 e. The van der Waals surface area contributed by atoms with Crippen LogP contribution in [0.25, 0.3) is 0 Å². The summed E-state index contributed by atoms with van der Waals surface area (Å²) in [7, 11) is -4.04. The summed E-state index contributed by atoms with van der Waals surface area (Å²) < 4.78 is 29.1. The van der Waals surface area contributed by atoms with Gasteiger partial charge < -0.3 is 0 Å². The van der Waals surface area contributed by atoms with Crippen LogP contribution in [0.2, 0.25) is 0 Å². The normalized spacial score (nSPS) is 23.5. The van der Waals surface area contributed by atoms with Crippen LogP contribution in [-0.2, 0) is 15.0 Å². The van der Waals surface area contributed by atoms with Crippen LogP contribution in [0.1, 0.15) is 0 Å². The predicted octanol–water partition coefficient (Wildman–Crippen LogP) is -0.246. The number of nitrogens with zero attached hydrogens (tertiary/aromatic N) is 2. The van der Waals surface area contributed by atoms with Gasteiger partial charge in [-0.3, -0.25) is 4.55 Å². The molecule has 0 aromatic heterocycles. The van der Waals surface area contributed by atoms with Crippen molar-refractivity contribution in [3.8, 4) is 0 Å². The number of aliphatic imine (C=N–C) groups is 1. The molecule has 0 radical (unpaired) electrons. The summed E-state index contributed by atoms with van der Waals surface area (Å²) in [5, 5.41) is 0.969. The molecule has 0 bridgehead atoms. The molecule has 6 nitrogen and oxygen atoms in total. The van der Waals surface area contributed by atoms with Crippen LogP contribution < -0.4 is 0 Å². The summed E-state index contributed by atoms with van der Waals surface area (Å²) in [6.45, 7) is 0. The van der Waals surface area contributed by atoms with Gasteiger partial charge in [0.05, 0.1) is 0 Å². The van der Waals surface area contributed by atoms with Crippen molar-refractivity contribution in [1.29, 1.82) is 0 Å². The van der Waals surface area contributed by atoms with Gasteiger partial charge in [0.25, 0.3) is 10.1 Å². The molecule has 1 aliphatic heterocycles. The quantitative estimate of drug-likeness (QED) is 0.650. The Balaban J connectivity index is 2.45. The SMILES string of the molecule is CSC1N=CN(CS(=O)(=O)O)O1. The highest BCUT2D eigenvalue weighted by Crippen LogP contribution is 2.16. The number of hydrogen-bond donors (Lipinski definition) is 1. The summed E-state index contributed by atoms with van der Waals surface area (Å²) in [5.74, 6) is -0.590. The maximum atomic E-state index is 10.3. The van der Waals surface area contributed by atoms with Gasteiger partial charge in [0.1, 0.15) is 6.34 Å². The van der Waals surface area contributed by atoms with Gasteiger partial charge in [0.2, 0.25) is 5.56 Å². The van der Waals surface area contributed by atoms with E-state index in [-0.39, 0.29) is 0 Å². The highest BCUT2D eigenvalue weighted by atomic mass is 32.2. The van der Waals surface area contributed by atoms with E-state index in [1.54, 1.807) is 6.26 Å². The molecule has 0 amide bonds. The lowest BCUT2D eigenvalue weighted by molar-refractivity contribution is -0.0734. The molecule has 0 saturated carbocycles. The van der Waals surface area contributed by atoms with Gasteiger partial charge in [0.15, 0.2) is 5.88 Å². The average Bonchev–Trinajstić information content (AvgIpc) is 2.32. The zero-order valence-electron chi connectivity index (χ0n) is 6.24. The van der Waals surface area contributed by atoms with Crippen molar-refractivity contribution in [2.24, 2.45) is 4.99 Å². The Kier molecular flexibility index (Phi) is 2.94. The minimum Gasteiger partial charge on any atom is -0.284 e. The molecular weight excluding hydrogens is 204 g/mol.